The molecule has 0 bridgehead atoms. The molecule has 168 valence electrons. The van der Waals surface area contributed by atoms with Crippen LogP contribution in [0.2, 0.25) is 0 Å². The minimum Gasteiger partial charge on any atom is -0.322 e. The van der Waals surface area contributed by atoms with Crippen LogP contribution in [-0.4, -0.2) is 24.1 Å². The van der Waals surface area contributed by atoms with Crippen molar-refractivity contribution in [3.8, 4) is 11.3 Å². The van der Waals surface area contributed by atoms with E-state index in [-0.39, 0.29) is 21.7 Å². The molecule has 2 aromatic carbocycles. The lowest BCUT2D eigenvalue weighted by Gasteiger charge is -2.19. The smallest absolute Gasteiger partial charge is 0.322 e. The number of carbonyl (C=O) groups excluding carboxylic acids is 1. The minimum atomic E-state index is -4.55. The number of nitrogens with zero attached hydrogens (tertiary/aromatic N) is 1. The van der Waals surface area contributed by atoms with Crippen molar-refractivity contribution in [2.45, 2.75) is 36.6 Å². The quantitative estimate of drug-likeness (QED) is 0.548. The van der Waals surface area contributed by atoms with Gasteiger partial charge in [-0.1, -0.05) is 12.1 Å². The van der Waals surface area contributed by atoms with Crippen molar-refractivity contribution in [3.05, 3.63) is 78.0 Å². The Kier molecular flexibility index (Phi) is 6.15. The zero-order valence-electron chi connectivity index (χ0n) is 17.6. The molecule has 0 saturated heterocycles. The SMILES string of the molecule is CC(C)(C)S(=O)(=O)c1ccc(NC(=O)c2ccc(-c3ncccc3C(F)(F)F)cc2)cc1. The van der Waals surface area contributed by atoms with E-state index in [0.29, 0.717) is 5.69 Å². The fourth-order valence-electron chi connectivity index (χ4n) is 2.92. The fourth-order valence-corrected chi connectivity index (χ4v) is 4.12. The Labute approximate surface area is 184 Å². The molecular weight excluding hydrogens is 441 g/mol. The highest BCUT2D eigenvalue weighted by atomic mass is 32.2. The number of rotatable bonds is 4. The van der Waals surface area contributed by atoms with E-state index in [0.717, 1.165) is 6.07 Å². The van der Waals surface area contributed by atoms with Gasteiger partial charge in [0.05, 0.1) is 20.9 Å². The Morgan fingerprint density at radius 2 is 1.50 bits per heavy atom. The van der Waals surface area contributed by atoms with E-state index in [1.54, 1.807) is 20.8 Å². The molecule has 3 aromatic rings. The van der Waals surface area contributed by atoms with E-state index >= 15 is 0 Å². The zero-order valence-corrected chi connectivity index (χ0v) is 18.4. The van der Waals surface area contributed by atoms with Crippen LogP contribution in [0.1, 0.15) is 36.7 Å². The Balaban J connectivity index is 1.78. The van der Waals surface area contributed by atoms with Crippen molar-refractivity contribution in [3.63, 3.8) is 0 Å². The molecule has 1 heterocycles. The van der Waals surface area contributed by atoms with Crippen LogP contribution in [-0.2, 0) is 16.0 Å². The van der Waals surface area contributed by atoms with Crippen LogP contribution in [0.25, 0.3) is 11.3 Å². The highest BCUT2D eigenvalue weighted by Crippen LogP contribution is 2.35. The maximum Gasteiger partial charge on any atom is 0.418 e. The summed E-state index contributed by atoms with van der Waals surface area (Å²) in [4.78, 5) is 16.5. The molecule has 3 rings (SSSR count). The number of hydrogen-bond acceptors (Lipinski definition) is 4. The number of hydrogen-bond donors (Lipinski definition) is 1. The van der Waals surface area contributed by atoms with Gasteiger partial charge in [-0.2, -0.15) is 13.2 Å². The van der Waals surface area contributed by atoms with E-state index in [9.17, 15) is 26.4 Å². The van der Waals surface area contributed by atoms with Crippen molar-refractivity contribution in [1.82, 2.24) is 4.98 Å². The van der Waals surface area contributed by atoms with Crippen molar-refractivity contribution in [2.75, 3.05) is 5.32 Å². The van der Waals surface area contributed by atoms with Crippen LogP contribution in [0.5, 0.6) is 0 Å². The molecule has 1 aromatic heterocycles. The van der Waals surface area contributed by atoms with Crippen molar-refractivity contribution in [1.29, 1.82) is 0 Å². The molecule has 0 saturated carbocycles. The lowest BCUT2D eigenvalue weighted by Crippen LogP contribution is -2.27. The van der Waals surface area contributed by atoms with E-state index < -0.39 is 32.2 Å². The van der Waals surface area contributed by atoms with Gasteiger partial charge in [-0.05, 0) is 69.3 Å². The molecule has 0 atom stereocenters. The summed E-state index contributed by atoms with van der Waals surface area (Å²) in [5, 5.41) is 2.64. The number of carbonyl (C=O) groups is 1. The molecule has 0 aliphatic rings. The predicted molar refractivity (Wildman–Crippen MR) is 116 cm³/mol. The minimum absolute atomic E-state index is 0.142. The Morgan fingerprint density at radius 3 is 2.03 bits per heavy atom. The number of amides is 1. The summed E-state index contributed by atoms with van der Waals surface area (Å²) in [6, 6.07) is 13.5. The third kappa shape index (κ3) is 4.83. The molecule has 0 radical (unpaired) electrons. The van der Waals surface area contributed by atoms with Gasteiger partial charge in [0.1, 0.15) is 0 Å². The largest absolute Gasteiger partial charge is 0.418 e. The number of sulfone groups is 1. The van der Waals surface area contributed by atoms with E-state index in [4.69, 9.17) is 0 Å². The lowest BCUT2D eigenvalue weighted by molar-refractivity contribution is -0.137. The first kappa shape index (κ1) is 23.5. The molecule has 0 unspecified atom stereocenters. The summed E-state index contributed by atoms with van der Waals surface area (Å²) in [6.45, 7) is 4.80. The second-order valence-electron chi connectivity index (χ2n) is 8.07. The molecule has 9 heteroatoms. The van der Waals surface area contributed by atoms with Gasteiger partial charge in [0.25, 0.3) is 5.91 Å². The highest BCUT2D eigenvalue weighted by molar-refractivity contribution is 7.92. The summed E-state index contributed by atoms with van der Waals surface area (Å²) in [5.74, 6) is -0.486. The van der Waals surface area contributed by atoms with Gasteiger partial charge in [0, 0.05) is 23.0 Å². The summed E-state index contributed by atoms with van der Waals surface area (Å²) in [7, 11) is -3.52. The first-order valence-corrected chi connectivity index (χ1v) is 11.1. The predicted octanol–water partition coefficient (Wildman–Crippen LogP) is 5.59. The van der Waals surface area contributed by atoms with Crippen molar-refractivity contribution in [2.24, 2.45) is 0 Å². The fraction of sp³-hybridized carbons (Fsp3) is 0.217. The van der Waals surface area contributed by atoms with Crippen LogP contribution in [0.4, 0.5) is 18.9 Å². The number of alkyl halides is 3. The molecule has 1 N–H and O–H groups in total. The molecule has 1 amide bonds. The van der Waals surface area contributed by atoms with E-state index in [1.165, 1.54) is 60.8 Å². The summed E-state index contributed by atoms with van der Waals surface area (Å²) < 4.78 is 63.6. The average Bonchev–Trinajstić information content (AvgIpc) is 2.73. The molecule has 32 heavy (non-hydrogen) atoms. The Hall–Kier alpha value is -3.20. The maximum atomic E-state index is 13.2. The number of benzene rings is 2. The average molecular weight is 462 g/mol. The second kappa shape index (κ2) is 8.38. The van der Waals surface area contributed by atoms with Crippen LogP contribution in [0.15, 0.2) is 71.8 Å². The molecular formula is C23H21F3N2O3S. The lowest BCUT2D eigenvalue weighted by atomic mass is 10.0. The van der Waals surface area contributed by atoms with E-state index in [1.807, 2.05) is 0 Å². The molecule has 5 nitrogen and oxygen atoms in total. The number of nitrogens with one attached hydrogen (secondary N) is 1. The molecule has 0 aliphatic heterocycles. The third-order valence-electron chi connectivity index (χ3n) is 4.76. The first-order valence-electron chi connectivity index (χ1n) is 9.59. The zero-order chi connectivity index (χ0) is 23.7. The Bertz CT molecular complexity index is 1230. The van der Waals surface area contributed by atoms with Crippen LogP contribution in [0.3, 0.4) is 0 Å². The van der Waals surface area contributed by atoms with Gasteiger partial charge < -0.3 is 5.32 Å². The summed E-state index contributed by atoms with van der Waals surface area (Å²) in [5.41, 5.74) is -0.239. The topological polar surface area (TPSA) is 76.1 Å². The second-order valence-corrected chi connectivity index (χ2v) is 10.8. The Morgan fingerprint density at radius 1 is 0.906 bits per heavy atom. The van der Waals surface area contributed by atoms with Gasteiger partial charge in [-0.25, -0.2) is 8.42 Å². The van der Waals surface area contributed by atoms with Gasteiger partial charge in [0.15, 0.2) is 9.84 Å². The normalized spacial score (nSPS) is 12.4. The number of anilines is 1. The van der Waals surface area contributed by atoms with Crippen molar-refractivity contribution < 1.29 is 26.4 Å². The third-order valence-corrected chi connectivity index (χ3v) is 7.27. The number of pyridine rings is 1. The van der Waals surface area contributed by atoms with Crippen molar-refractivity contribution >= 4 is 21.4 Å². The molecule has 0 spiro atoms. The van der Waals surface area contributed by atoms with Crippen LogP contribution < -0.4 is 5.32 Å². The maximum absolute atomic E-state index is 13.2. The van der Waals surface area contributed by atoms with Crippen LogP contribution in [0, 0.1) is 0 Å². The number of halogens is 3. The molecule has 0 aliphatic carbocycles. The van der Waals surface area contributed by atoms with Crippen LogP contribution >= 0.6 is 0 Å². The summed E-state index contributed by atoms with van der Waals surface area (Å²) >= 11 is 0. The first-order chi connectivity index (χ1) is 14.8. The summed E-state index contributed by atoms with van der Waals surface area (Å²) in [6.07, 6.45) is -3.28. The number of aromatic nitrogens is 1. The van der Waals surface area contributed by atoms with E-state index in [2.05, 4.69) is 10.3 Å². The monoisotopic (exact) mass is 462 g/mol. The highest BCUT2D eigenvalue weighted by Gasteiger charge is 2.34. The standard InChI is InChI=1S/C23H21F3N2O3S/c1-22(2,3)32(30,31)18-12-10-17(11-13-18)28-21(29)16-8-6-15(7-9-16)20-19(23(24,25)26)5-4-14-27-20/h4-14H,1-3H3,(H,28,29). The van der Waals surface area contributed by atoms with Gasteiger partial charge in [-0.3, -0.25) is 9.78 Å². The van der Waals surface area contributed by atoms with Gasteiger partial charge in [-0.15, -0.1) is 0 Å². The van der Waals surface area contributed by atoms with Gasteiger partial charge in [0.2, 0.25) is 0 Å². The molecule has 0 fully saturated rings. The van der Waals surface area contributed by atoms with Gasteiger partial charge >= 0.3 is 6.18 Å².